The maximum atomic E-state index is 13.5. The summed E-state index contributed by atoms with van der Waals surface area (Å²) < 4.78 is 42.0. The zero-order valence-corrected chi connectivity index (χ0v) is 18.5. The first-order chi connectivity index (χ1) is 16.2. The van der Waals surface area contributed by atoms with Crippen molar-refractivity contribution in [2.45, 2.75) is 38.3 Å². The molecular weight excluding hydrogens is 447 g/mol. The maximum Gasteiger partial charge on any atom is 0.416 e. The van der Waals surface area contributed by atoms with E-state index < -0.39 is 11.7 Å². The van der Waals surface area contributed by atoms with Crippen LogP contribution < -0.4 is 5.32 Å². The normalized spacial score (nSPS) is 22.2. The lowest BCUT2D eigenvalue weighted by molar-refractivity contribution is -0.138. The molecule has 0 bridgehead atoms. The number of fused-ring (bicyclic) bond motifs is 2. The van der Waals surface area contributed by atoms with Gasteiger partial charge >= 0.3 is 6.18 Å². The van der Waals surface area contributed by atoms with Crippen LogP contribution in [0.1, 0.15) is 53.8 Å². The first-order valence-corrected chi connectivity index (χ1v) is 11.3. The fraction of sp³-hybridized carbons (Fsp3) is 0.417. The van der Waals surface area contributed by atoms with Gasteiger partial charge < -0.3 is 10.2 Å². The highest BCUT2D eigenvalue weighted by molar-refractivity contribution is 5.93. The number of hydrogen-bond donors (Lipinski definition) is 1. The molecule has 3 heterocycles. The molecule has 34 heavy (non-hydrogen) atoms. The second kappa shape index (κ2) is 8.41. The Kier molecular flexibility index (Phi) is 5.53. The molecule has 0 spiro atoms. The van der Waals surface area contributed by atoms with Crippen molar-refractivity contribution in [1.82, 2.24) is 19.5 Å². The summed E-state index contributed by atoms with van der Waals surface area (Å²) >= 11 is 0. The Morgan fingerprint density at radius 1 is 1.06 bits per heavy atom. The van der Waals surface area contributed by atoms with Crippen molar-refractivity contribution in [1.29, 1.82) is 0 Å². The molecule has 1 N–H and O–H groups in total. The third-order valence-electron chi connectivity index (χ3n) is 6.94. The highest BCUT2D eigenvalue weighted by atomic mass is 19.4. The van der Waals surface area contributed by atoms with Gasteiger partial charge in [0.15, 0.2) is 5.65 Å². The number of alkyl halides is 3. The number of hydrogen-bond acceptors (Lipinski definition) is 4. The van der Waals surface area contributed by atoms with Gasteiger partial charge in [-0.25, -0.2) is 0 Å². The van der Waals surface area contributed by atoms with Crippen LogP contribution in [0.4, 0.5) is 18.9 Å². The summed E-state index contributed by atoms with van der Waals surface area (Å²) in [6.07, 6.45) is -1.18. The predicted octanol–water partition coefficient (Wildman–Crippen LogP) is 4.36. The minimum atomic E-state index is -4.37. The number of pyridine rings is 1. The van der Waals surface area contributed by atoms with Crippen molar-refractivity contribution in [3.8, 4) is 0 Å². The first-order valence-electron chi connectivity index (χ1n) is 11.3. The van der Waals surface area contributed by atoms with E-state index in [1.54, 1.807) is 46.7 Å². The lowest BCUT2D eigenvalue weighted by Crippen LogP contribution is -2.31. The molecule has 3 atom stereocenters. The van der Waals surface area contributed by atoms with Crippen LogP contribution in [0, 0.1) is 11.8 Å². The van der Waals surface area contributed by atoms with E-state index >= 15 is 0 Å². The van der Waals surface area contributed by atoms with Crippen LogP contribution in [-0.4, -0.2) is 44.4 Å². The first kappa shape index (κ1) is 22.4. The van der Waals surface area contributed by atoms with Crippen LogP contribution >= 0.6 is 0 Å². The number of aromatic nitrogens is 3. The van der Waals surface area contributed by atoms with Gasteiger partial charge in [0.25, 0.3) is 5.91 Å². The SMILES string of the molecule is CCC(=O)Nc1ccc2nnc(C(=O)N3C[C@H]4C[C@@H](c5ccccc5C(F)(F)F)C[C@H]4C3)n2c1. The van der Waals surface area contributed by atoms with Crippen molar-refractivity contribution in [3.05, 3.63) is 59.5 Å². The lowest BCUT2D eigenvalue weighted by atomic mass is 9.91. The van der Waals surface area contributed by atoms with E-state index in [1.165, 1.54) is 6.07 Å². The molecule has 0 radical (unpaired) electrons. The molecular formula is C24H24F3N5O2. The number of rotatable bonds is 4. The molecule has 7 nitrogen and oxygen atoms in total. The number of carbonyl (C=O) groups is 2. The van der Waals surface area contributed by atoms with E-state index in [-0.39, 0.29) is 35.4 Å². The fourth-order valence-electron chi connectivity index (χ4n) is 5.33. The Labute approximate surface area is 194 Å². The third-order valence-corrected chi connectivity index (χ3v) is 6.94. The summed E-state index contributed by atoms with van der Waals surface area (Å²) in [4.78, 5) is 26.7. The largest absolute Gasteiger partial charge is 0.416 e. The van der Waals surface area contributed by atoms with Gasteiger partial charge in [0.2, 0.25) is 11.7 Å². The molecule has 2 aliphatic rings. The van der Waals surface area contributed by atoms with Crippen LogP contribution in [0.15, 0.2) is 42.6 Å². The Morgan fingerprint density at radius 2 is 1.76 bits per heavy atom. The molecule has 0 unspecified atom stereocenters. The quantitative estimate of drug-likeness (QED) is 0.613. The Hall–Kier alpha value is -3.43. The highest BCUT2D eigenvalue weighted by Gasteiger charge is 2.45. The minimum absolute atomic E-state index is 0.144. The molecule has 3 aromatic rings. The standard InChI is InChI=1S/C24H24F3N5O2/c1-2-21(33)28-17-7-8-20-29-30-22(32(20)13-17)23(34)31-11-15-9-14(10-16(15)12-31)18-5-3-4-6-19(18)24(25,26)27/h3-8,13-16H,2,9-12H2,1H3,(H,28,33)/t14-,15-,16+. The molecule has 1 saturated heterocycles. The summed E-state index contributed by atoms with van der Waals surface area (Å²) in [5.74, 6) is -0.129. The zero-order chi connectivity index (χ0) is 24.0. The summed E-state index contributed by atoms with van der Waals surface area (Å²) in [5, 5.41) is 10.9. The third kappa shape index (κ3) is 4.01. The average Bonchev–Trinajstić information content (AvgIpc) is 3.51. The smallest absolute Gasteiger partial charge is 0.335 e. The topological polar surface area (TPSA) is 79.6 Å². The van der Waals surface area contributed by atoms with Crippen LogP contribution in [0.3, 0.4) is 0 Å². The van der Waals surface area contributed by atoms with E-state index in [0.29, 0.717) is 49.2 Å². The van der Waals surface area contributed by atoms with Gasteiger partial charge in [0.05, 0.1) is 11.3 Å². The van der Waals surface area contributed by atoms with Crippen molar-refractivity contribution >= 4 is 23.1 Å². The number of carbonyl (C=O) groups excluding carboxylic acids is 2. The van der Waals surface area contributed by atoms with Gasteiger partial charge in [-0.3, -0.25) is 14.0 Å². The molecule has 2 aromatic heterocycles. The van der Waals surface area contributed by atoms with Gasteiger partial charge in [-0.05, 0) is 54.4 Å². The van der Waals surface area contributed by atoms with Gasteiger partial charge in [0, 0.05) is 25.7 Å². The molecule has 1 aromatic carbocycles. The number of nitrogens with one attached hydrogen (secondary N) is 1. The molecule has 1 aliphatic heterocycles. The van der Waals surface area contributed by atoms with E-state index in [4.69, 9.17) is 0 Å². The molecule has 1 saturated carbocycles. The van der Waals surface area contributed by atoms with E-state index in [2.05, 4.69) is 15.5 Å². The molecule has 2 amide bonds. The molecule has 178 valence electrons. The van der Waals surface area contributed by atoms with E-state index in [0.717, 1.165) is 6.07 Å². The number of halogens is 3. The molecule has 1 aliphatic carbocycles. The maximum absolute atomic E-state index is 13.5. The van der Waals surface area contributed by atoms with Gasteiger partial charge in [-0.2, -0.15) is 13.2 Å². The zero-order valence-electron chi connectivity index (χ0n) is 18.5. The number of amides is 2. The molecule has 2 fully saturated rings. The number of anilines is 1. The number of likely N-dealkylation sites (tertiary alicyclic amines) is 1. The Balaban J connectivity index is 1.31. The number of benzene rings is 1. The van der Waals surface area contributed by atoms with Gasteiger partial charge in [-0.15, -0.1) is 10.2 Å². The van der Waals surface area contributed by atoms with Crippen molar-refractivity contribution in [2.75, 3.05) is 18.4 Å². The second-order valence-electron chi connectivity index (χ2n) is 9.05. The predicted molar refractivity (Wildman–Crippen MR) is 118 cm³/mol. The molecule has 10 heteroatoms. The van der Waals surface area contributed by atoms with Crippen LogP contribution in [0.25, 0.3) is 5.65 Å². The van der Waals surface area contributed by atoms with Gasteiger partial charge in [0.1, 0.15) is 0 Å². The van der Waals surface area contributed by atoms with Gasteiger partial charge in [-0.1, -0.05) is 25.1 Å². The number of nitrogens with zero attached hydrogens (tertiary/aromatic N) is 4. The Bertz CT molecular complexity index is 1240. The second-order valence-corrected chi connectivity index (χ2v) is 9.05. The molecule has 5 rings (SSSR count). The van der Waals surface area contributed by atoms with E-state index in [1.807, 2.05) is 0 Å². The van der Waals surface area contributed by atoms with E-state index in [9.17, 15) is 22.8 Å². The summed E-state index contributed by atoms with van der Waals surface area (Å²) in [6.45, 7) is 2.71. The average molecular weight is 471 g/mol. The van der Waals surface area contributed by atoms with Crippen LogP contribution in [0.5, 0.6) is 0 Å². The van der Waals surface area contributed by atoms with Crippen molar-refractivity contribution in [2.24, 2.45) is 11.8 Å². The van der Waals surface area contributed by atoms with Crippen molar-refractivity contribution in [3.63, 3.8) is 0 Å². The summed E-state index contributed by atoms with van der Waals surface area (Å²) in [5.41, 5.74) is 0.819. The highest BCUT2D eigenvalue weighted by Crippen LogP contribution is 2.49. The Morgan fingerprint density at radius 3 is 2.44 bits per heavy atom. The van der Waals surface area contributed by atoms with Crippen LogP contribution in [0.2, 0.25) is 0 Å². The lowest BCUT2D eigenvalue weighted by Gasteiger charge is -2.21. The van der Waals surface area contributed by atoms with Crippen molar-refractivity contribution < 1.29 is 22.8 Å². The minimum Gasteiger partial charge on any atom is -0.335 e. The monoisotopic (exact) mass is 471 g/mol. The van der Waals surface area contributed by atoms with Crippen LogP contribution in [-0.2, 0) is 11.0 Å². The summed E-state index contributed by atoms with van der Waals surface area (Å²) in [7, 11) is 0. The fourth-order valence-corrected chi connectivity index (χ4v) is 5.33. The summed E-state index contributed by atoms with van der Waals surface area (Å²) in [6, 6.07) is 9.18.